The minimum atomic E-state index is -0.00832. The van der Waals surface area contributed by atoms with Crippen molar-refractivity contribution in [2.75, 3.05) is 13.2 Å². The number of nitrogens with zero attached hydrogens (tertiary/aromatic N) is 2. The predicted molar refractivity (Wildman–Crippen MR) is 108 cm³/mol. The fraction of sp³-hybridized carbons (Fsp3) is 0.364. The van der Waals surface area contributed by atoms with Crippen molar-refractivity contribution in [3.63, 3.8) is 0 Å². The van der Waals surface area contributed by atoms with Crippen molar-refractivity contribution in [1.82, 2.24) is 14.9 Å². The van der Waals surface area contributed by atoms with Crippen LogP contribution >= 0.6 is 0 Å². The smallest absolute Gasteiger partial charge is 0.216 e. The maximum atomic E-state index is 11.1. The lowest BCUT2D eigenvalue weighted by Gasteiger charge is -2.11. The van der Waals surface area contributed by atoms with Gasteiger partial charge in [0.2, 0.25) is 5.91 Å². The van der Waals surface area contributed by atoms with Crippen LogP contribution in [0.1, 0.15) is 31.2 Å². The number of fused-ring (bicyclic) bond motifs is 1. The minimum Gasteiger partial charge on any atom is -0.493 e. The summed E-state index contributed by atoms with van der Waals surface area (Å²) in [5.74, 6) is 1.97. The Morgan fingerprint density at radius 1 is 1.11 bits per heavy atom. The standard InChI is InChI=1S/C22H27N3O2/c1-17-9-3-6-12-21(17)27-16-8-7-15-25-20-11-5-4-10-19(20)24-22(25)13-14-23-18(2)26/h3-6,9-12H,7-8,13-16H2,1-2H3,(H,23,26). The van der Waals surface area contributed by atoms with E-state index in [0.29, 0.717) is 13.2 Å². The van der Waals surface area contributed by atoms with E-state index in [2.05, 4.69) is 28.9 Å². The van der Waals surface area contributed by atoms with Crippen LogP contribution in [0, 0.1) is 6.92 Å². The highest BCUT2D eigenvalue weighted by molar-refractivity contribution is 5.76. The fourth-order valence-electron chi connectivity index (χ4n) is 3.19. The highest BCUT2D eigenvalue weighted by atomic mass is 16.5. The Kier molecular flexibility index (Phi) is 6.47. The van der Waals surface area contributed by atoms with Gasteiger partial charge >= 0.3 is 0 Å². The van der Waals surface area contributed by atoms with Crippen LogP contribution in [0.25, 0.3) is 11.0 Å². The third-order valence-electron chi connectivity index (χ3n) is 4.58. The maximum absolute atomic E-state index is 11.1. The zero-order valence-electron chi connectivity index (χ0n) is 16.1. The van der Waals surface area contributed by atoms with Crippen LogP contribution in [-0.2, 0) is 17.8 Å². The van der Waals surface area contributed by atoms with Crippen molar-refractivity contribution in [3.8, 4) is 5.75 Å². The second-order valence-corrected chi connectivity index (χ2v) is 6.72. The number of aromatic nitrogens is 2. The van der Waals surface area contributed by atoms with Gasteiger partial charge in [0.15, 0.2) is 0 Å². The van der Waals surface area contributed by atoms with Gasteiger partial charge in [-0.3, -0.25) is 4.79 Å². The molecule has 27 heavy (non-hydrogen) atoms. The summed E-state index contributed by atoms with van der Waals surface area (Å²) < 4.78 is 8.16. The number of carbonyl (C=O) groups excluding carboxylic acids is 1. The van der Waals surface area contributed by atoms with Gasteiger partial charge in [0.1, 0.15) is 11.6 Å². The van der Waals surface area contributed by atoms with E-state index >= 15 is 0 Å². The Hall–Kier alpha value is -2.82. The highest BCUT2D eigenvalue weighted by Gasteiger charge is 2.10. The first-order valence-electron chi connectivity index (χ1n) is 9.52. The van der Waals surface area contributed by atoms with E-state index in [-0.39, 0.29) is 5.91 Å². The summed E-state index contributed by atoms with van der Waals surface area (Å²) in [6.45, 7) is 5.81. The second kappa shape index (κ2) is 9.21. The lowest BCUT2D eigenvalue weighted by Crippen LogP contribution is -2.23. The third-order valence-corrected chi connectivity index (χ3v) is 4.58. The van der Waals surface area contributed by atoms with Crippen molar-refractivity contribution in [1.29, 1.82) is 0 Å². The summed E-state index contributed by atoms with van der Waals surface area (Å²) in [5.41, 5.74) is 3.32. The summed E-state index contributed by atoms with van der Waals surface area (Å²) in [6.07, 6.45) is 2.72. The molecule has 0 fully saturated rings. The van der Waals surface area contributed by atoms with Gasteiger partial charge < -0.3 is 14.6 Å². The first kappa shape index (κ1) is 19.0. The minimum absolute atomic E-state index is 0.00832. The molecule has 0 saturated carbocycles. The lowest BCUT2D eigenvalue weighted by atomic mass is 10.2. The van der Waals surface area contributed by atoms with Gasteiger partial charge in [-0.2, -0.15) is 0 Å². The number of hydrogen-bond acceptors (Lipinski definition) is 3. The maximum Gasteiger partial charge on any atom is 0.216 e. The van der Waals surface area contributed by atoms with Crippen LogP contribution in [0.4, 0.5) is 0 Å². The van der Waals surface area contributed by atoms with Crippen molar-refractivity contribution in [3.05, 3.63) is 59.9 Å². The molecule has 0 bridgehead atoms. The molecule has 0 saturated heterocycles. The predicted octanol–water partition coefficient (Wildman–Crippen LogP) is 3.88. The molecule has 142 valence electrons. The van der Waals surface area contributed by atoms with Crippen LogP contribution in [0.15, 0.2) is 48.5 Å². The van der Waals surface area contributed by atoms with Gasteiger partial charge in [0.25, 0.3) is 0 Å². The Labute approximate surface area is 160 Å². The monoisotopic (exact) mass is 365 g/mol. The number of aryl methyl sites for hydroxylation is 2. The molecule has 5 heteroatoms. The average molecular weight is 365 g/mol. The summed E-state index contributed by atoms with van der Waals surface area (Å²) in [4.78, 5) is 15.9. The van der Waals surface area contributed by atoms with Crippen LogP contribution < -0.4 is 10.1 Å². The number of unbranched alkanes of at least 4 members (excludes halogenated alkanes) is 1. The van der Waals surface area contributed by atoms with E-state index in [1.54, 1.807) is 0 Å². The molecule has 1 aromatic heterocycles. The van der Waals surface area contributed by atoms with E-state index in [9.17, 15) is 4.79 Å². The van der Waals surface area contributed by atoms with Gasteiger partial charge in [-0.15, -0.1) is 0 Å². The molecule has 1 amide bonds. The molecule has 1 N–H and O–H groups in total. The number of ether oxygens (including phenoxy) is 1. The molecule has 3 rings (SSSR count). The normalized spacial score (nSPS) is 10.9. The first-order valence-corrected chi connectivity index (χ1v) is 9.52. The van der Waals surface area contributed by atoms with E-state index in [1.807, 2.05) is 36.4 Å². The first-order chi connectivity index (χ1) is 13.1. The van der Waals surface area contributed by atoms with Gasteiger partial charge in [0.05, 0.1) is 17.6 Å². The number of para-hydroxylation sites is 3. The fourth-order valence-corrected chi connectivity index (χ4v) is 3.19. The lowest BCUT2D eigenvalue weighted by molar-refractivity contribution is -0.118. The Bertz CT molecular complexity index is 901. The summed E-state index contributed by atoms with van der Waals surface area (Å²) in [6, 6.07) is 16.3. The van der Waals surface area contributed by atoms with Gasteiger partial charge in [-0.05, 0) is 43.5 Å². The average Bonchev–Trinajstić information content (AvgIpc) is 3.00. The molecule has 5 nitrogen and oxygen atoms in total. The quantitative estimate of drug-likeness (QED) is 0.586. The Morgan fingerprint density at radius 2 is 1.89 bits per heavy atom. The topological polar surface area (TPSA) is 56.2 Å². The molecular formula is C22H27N3O2. The van der Waals surface area contributed by atoms with E-state index < -0.39 is 0 Å². The van der Waals surface area contributed by atoms with Crippen molar-refractivity contribution in [2.24, 2.45) is 0 Å². The number of amides is 1. The molecule has 0 unspecified atom stereocenters. The SMILES string of the molecule is CC(=O)NCCc1nc2ccccc2n1CCCCOc1ccccc1C. The van der Waals surface area contributed by atoms with Crippen LogP contribution in [-0.4, -0.2) is 28.6 Å². The molecule has 0 aliphatic heterocycles. The molecular weight excluding hydrogens is 338 g/mol. The number of imidazole rings is 1. The van der Waals surface area contributed by atoms with E-state index in [1.165, 1.54) is 12.5 Å². The van der Waals surface area contributed by atoms with Crippen LogP contribution in [0.3, 0.4) is 0 Å². The van der Waals surface area contributed by atoms with E-state index in [4.69, 9.17) is 9.72 Å². The van der Waals surface area contributed by atoms with Gasteiger partial charge in [0, 0.05) is 26.4 Å². The van der Waals surface area contributed by atoms with Gasteiger partial charge in [-0.25, -0.2) is 4.98 Å². The number of rotatable bonds is 9. The third kappa shape index (κ3) is 5.09. The number of hydrogen-bond donors (Lipinski definition) is 1. The largest absolute Gasteiger partial charge is 0.493 e. The summed E-state index contributed by atoms with van der Waals surface area (Å²) >= 11 is 0. The molecule has 0 aliphatic carbocycles. The highest BCUT2D eigenvalue weighted by Crippen LogP contribution is 2.19. The Morgan fingerprint density at radius 3 is 2.70 bits per heavy atom. The van der Waals surface area contributed by atoms with Crippen molar-refractivity contribution < 1.29 is 9.53 Å². The number of benzene rings is 2. The van der Waals surface area contributed by atoms with Crippen LogP contribution in [0.5, 0.6) is 5.75 Å². The Balaban J connectivity index is 1.58. The second-order valence-electron chi connectivity index (χ2n) is 6.72. The molecule has 3 aromatic rings. The molecule has 2 aromatic carbocycles. The molecule has 1 heterocycles. The molecule has 0 radical (unpaired) electrons. The van der Waals surface area contributed by atoms with Crippen LogP contribution in [0.2, 0.25) is 0 Å². The zero-order chi connectivity index (χ0) is 19.1. The summed E-state index contributed by atoms with van der Waals surface area (Å²) in [5, 5.41) is 2.85. The molecule has 0 atom stereocenters. The number of nitrogens with one attached hydrogen (secondary N) is 1. The van der Waals surface area contributed by atoms with E-state index in [0.717, 1.165) is 48.4 Å². The zero-order valence-corrected chi connectivity index (χ0v) is 16.1. The number of carbonyl (C=O) groups is 1. The molecule has 0 spiro atoms. The summed E-state index contributed by atoms with van der Waals surface area (Å²) in [7, 11) is 0. The van der Waals surface area contributed by atoms with Gasteiger partial charge in [-0.1, -0.05) is 30.3 Å². The molecule has 0 aliphatic rings. The van der Waals surface area contributed by atoms with Crippen molar-refractivity contribution >= 4 is 16.9 Å². The van der Waals surface area contributed by atoms with Crippen molar-refractivity contribution in [2.45, 2.75) is 39.7 Å².